The van der Waals surface area contributed by atoms with Gasteiger partial charge in [0.25, 0.3) is 0 Å². The molecule has 7 atom stereocenters. The van der Waals surface area contributed by atoms with Crippen molar-refractivity contribution in [3.8, 4) is 0 Å². The lowest BCUT2D eigenvalue weighted by Gasteiger charge is -2.40. The maximum atomic E-state index is 13.2. The van der Waals surface area contributed by atoms with Crippen molar-refractivity contribution in [2.24, 2.45) is 0 Å². The summed E-state index contributed by atoms with van der Waals surface area (Å²) >= 11 is 0. The molecule has 1 rings (SSSR count). The standard InChI is InChI=1S/C80H143NO8/c1-3-5-7-9-11-13-15-17-19-21-23-25-27-29-31-33-35-36-37-38-40-42-44-46-48-50-52-54-56-58-60-62-64-66-68-70-76(84)81-73(72-88-80-79(87)78(86)77(85)75(71-82)89-80)74(83)69-67-65-63-61-59-57-55-53-51-49-47-45-43-41-39-34-32-30-28-26-24-22-20-18-16-14-12-10-8-6-4-2/h5,7,11,13,17,19,23,25,29,31,35-36,59,61,67,69,73-75,77-80,82-83,85-87H,3-4,6,8-10,12,14-16,18,20-22,24,26-28,30,32-34,37-58,60,62-66,68,70-72H2,1-2H3,(H,81,84)/b7-5-,13-11-,19-17-,25-23-,31-29-,36-35-,61-59+,69-67+. The molecule has 1 saturated heterocycles. The van der Waals surface area contributed by atoms with Crippen LogP contribution in [0.2, 0.25) is 0 Å². The number of allylic oxidation sites excluding steroid dienone is 15. The van der Waals surface area contributed by atoms with Crippen LogP contribution in [-0.4, -0.2) is 87.5 Å². The molecule has 516 valence electrons. The average molecular weight is 1250 g/mol. The van der Waals surface area contributed by atoms with E-state index in [-0.39, 0.29) is 12.5 Å². The molecule has 0 aromatic carbocycles. The number of hydrogen-bond acceptors (Lipinski definition) is 8. The van der Waals surface area contributed by atoms with E-state index >= 15 is 0 Å². The predicted molar refractivity (Wildman–Crippen MR) is 382 cm³/mol. The Bertz CT molecular complexity index is 1730. The fourth-order valence-corrected chi connectivity index (χ4v) is 11.8. The van der Waals surface area contributed by atoms with Crippen molar-refractivity contribution in [3.05, 3.63) is 97.2 Å². The molecule has 1 aliphatic heterocycles. The van der Waals surface area contributed by atoms with Gasteiger partial charge in [0.15, 0.2) is 6.29 Å². The Morgan fingerprint density at radius 1 is 0.393 bits per heavy atom. The van der Waals surface area contributed by atoms with E-state index in [1.165, 1.54) is 250 Å². The molecular formula is C80H143NO8. The minimum absolute atomic E-state index is 0.185. The van der Waals surface area contributed by atoms with E-state index in [9.17, 15) is 30.3 Å². The smallest absolute Gasteiger partial charge is 0.220 e. The summed E-state index contributed by atoms with van der Waals surface area (Å²) in [5.74, 6) is -0.185. The van der Waals surface area contributed by atoms with E-state index in [0.717, 1.165) is 77.0 Å². The van der Waals surface area contributed by atoms with Crippen LogP contribution in [0.3, 0.4) is 0 Å². The number of amides is 1. The van der Waals surface area contributed by atoms with Gasteiger partial charge in [-0.3, -0.25) is 4.79 Å². The van der Waals surface area contributed by atoms with Crippen molar-refractivity contribution in [2.45, 2.75) is 391 Å². The SMILES string of the molecule is CC/C=C\C/C=C\C/C=C\C/C=C\C/C=C\C/C=C\CCCCCCCCCCCCCCCCCCC(=O)NC(COC1OC(CO)C(O)C(O)C1O)C(O)/C=C/CC/C=C/CCCCCCCCCCCCCCCCCCCCCCCCCCC. The number of hydrogen-bond donors (Lipinski definition) is 6. The van der Waals surface area contributed by atoms with Gasteiger partial charge in [-0.1, -0.05) is 355 Å². The van der Waals surface area contributed by atoms with Crippen molar-refractivity contribution >= 4 is 5.91 Å². The van der Waals surface area contributed by atoms with Gasteiger partial charge in [0.1, 0.15) is 24.4 Å². The number of rotatable bonds is 66. The first-order chi connectivity index (χ1) is 43.8. The van der Waals surface area contributed by atoms with Crippen molar-refractivity contribution < 1.29 is 39.8 Å². The van der Waals surface area contributed by atoms with Gasteiger partial charge in [0.2, 0.25) is 5.91 Å². The molecule has 6 N–H and O–H groups in total. The number of nitrogens with one attached hydrogen (secondary N) is 1. The molecule has 0 bridgehead atoms. The molecule has 1 amide bonds. The zero-order chi connectivity index (χ0) is 64.2. The van der Waals surface area contributed by atoms with E-state index in [2.05, 4.69) is 104 Å². The molecule has 0 aromatic heterocycles. The Labute approximate surface area is 549 Å². The van der Waals surface area contributed by atoms with Crippen molar-refractivity contribution in [3.63, 3.8) is 0 Å². The molecule has 0 radical (unpaired) electrons. The molecule has 89 heavy (non-hydrogen) atoms. The van der Waals surface area contributed by atoms with Gasteiger partial charge in [0.05, 0.1) is 25.4 Å². The van der Waals surface area contributed by atoms with Gasteiger partial charge >= 0.3 is 0 Å². The van der Waals surface area contributed by atoms with Crippen LogP contribution in [0.4, 0.5) is 0 Å². The maximum Gasteiger partial charge on any atom is 0.220 e. The summed E-state index contributed by atoms with van der Waals surface area (Å²) in [4.78, 5) is 13.2. The van der Waals surface area contributed by atoms with Gasteiger partial charge in [-0.25, -0.2) is 0 Å². The molecule has 9 heteroatoms. The highest BCUT2D eigenvalue weighted by Gasteiger charge is 2.44. The molecule has 0 aliphatic carbocycles. The zero-order valence-corrected chi connectivity index (χ0v) is 57.9. The van der Waals surface area contributed by atoms with Crippen LogP contribution in [0.5, 0.6) is 0 Å². The largest absolute Gasteiger partial charge is 0.394 e. The van der Waals surface area contributed by atoms with E-state index in [4.69, 9.17) is 9.47 Å². The maximum absolute atomic E-state index is 13.2. The van der Waals surface area contributed by atoms with Crippen molar-refractivity contribution in [2.75, 3.05) is 13.2 Å². The Morgan fingerprint density at radius 2 is 0.708 bits per heavy atom. The Balaban J connectivity index is 2.12. The predicted octanol–water partition coefficient (Wildman–Crippen LogP) is 21.4. The van der Waals surface area contributed by atoms with Crippen LogP contribution >= 0.6 is 0 Å². The molecule has 0 spiro atoms. The molecule has 1 aliphatic rings. The third-order valence-corrected chi connectivity index (χ3v) is 17.6. The molecule has 0 saturated carbocycles. The molecule has 1 heterocycles. The summed E-state index contributed by atoms with van der Waals surface area (Å²) in [6, 6.07) is -0.828. The average Bonchev–Trinajstić information content (AvgIpc) is 2.28. The summed E-state index contributed by atoms with van der Waals surface area (Å²) in [5.41, 5.74) is 0. The summed E-state index contributed by atoms with van der Waals surface area (Å²) < 4.78 is 11.3. The first-order valence-corrected chi connectivity index (χ1v) is 38.0. The summed E-state index contributed by atoms with van der Waals surface area (Å²) in [6.07, 6.45) is 92.5. The normalized spacial score (nSPS) is 18.4. The van der Waals surface area contributed by atoms with Crippen LogP contribution in [0, 0.1) is 0 Å². The van der Waals surface area contributed by atoms with Crippen molar-refractivity contribution in [1.82, 2.24) is 5.32 Å². The second-order valence-electron chi connectivity index (χ2n) is 26.1. The van der Waals surface area contributed by atoms with Gasteiger partial charge in [-0.15, -0.1) is 0 Å². The van der Waals surface area contributed by atoms with Crippen molar-refractivity contribution in [1.29, 1.82) is 0 Å². The highest BCUT2D eigenvalue weighted by molar-refractivity contribution is 5.76. The van der Waals surface area contributed by atoms with Crippen LogP contribution in [0.1, 0.15) is 348 Å². The van der Waals surface area contributed by atoms with Crippen LogP contribution in [0.25, 0.3) is 0 Å². The highest BCUT2D eigenvalue weighted by Crippen LogP contribution is 2.23. The molecular weight excluding hydrogens is 1100 g/mol. The summed E-state index contributed by atoms with van der Waals surface area (Å²) in [6.45, 7) is 3.69. The number of carbonyl (C=O) groups excluding carboxylic acids is 1. The van der Waals surface area contributed by atoms with Crippen LogP contribution in [-0.2, 0) is 14.3 Å². The van der Waals surface area contributed by atoms with Gasteiger partial charge < -0.3 is 40.3 Å². The first-order valence-electron chi connectivity index (χ1n) is 38.0. The Kier molecular flexibility index (Phi) is 64.3. The lowest BCUT2D eigenvalue weighted by molar-refractivity contribution is -0.302. The Hall–Kier alpha value is -2.89. The Morgan fingerprint density at radius 3 is 1.08 bits per heavy atom. The van der Waals surface area contributed by atoms with E-state index < -0.39 is 49.5 Å². The minimum Gasteiger partial charge on any atom is -0.394 e. The molecule has 9 nitrogen and oxygen atoms in total. The molecule has 7 unspecified atom stereocenters. The van der Waals surface area contributed by atoms with Gasteiger partial charge in [-0.05, 0) is 83.5 Å². The first kappa shape index (κ1) is 84.1. The number of ether oxygens (including phenoxy) is 2. The number of carbonyl (C=O) groups is 1. The lowest BCUT2D eigenvalue weighted by atomic mass is 9.99. The third-order valence-electron chi connectivity index (χ3n) is 17.6. The fraction of sp³-hybridized carbons (Fsp3) is 0.787. The fourth-order valence-electron chi connectivity index (χ4n) is 11.8. The van der Waals surface area contributed by atoms with E-state index in [1.54, 1.807) is 6.08 Å². The number of unbranched alkanes of at least 4 members (excludes halogenated alkanes) is 42. The molecule has 1 fully saturated rings. The van der Waals surface area contributed by atoms with Crippen LogP contribution in [0.15, 0.2) is 97.2 Å². The highest BCUT2D eigenvalue weighted by atomic mass is 16.7. The number of aliphatic hydroxyl groups excluding tert-OH is 5. The van der Waals surface area contributed by atoms with Crippen LogP contribution < -0.4 is 5.32 Å². The second kappa shape index (κ2) is 68.0. The van der Waals surface area contributed by atoms with Gasteiger partial charge in [-0.2, -0.15) is 0 Å². The minimum atomic E-state index is -1.58. The summed E-state index contributed by atoms with van der Waals surface area (Å²) in [5, 5.41) is 54.8. The second-order valence-corrected chi connectivity index (χ2v) is 26.1. The van der Waals surface area contributed by atoms with E-state index in [0.29, 0.717) is 6.42 Å². The lowest BCUT2D eigenvalue weighted by Crippen LogP contribution is -2.60. The summed E-state index contributed by atoms with van der Waals surface area (Å²) in [7, 11) is 0. The quantitative estimate of drug-likeness (QED) is 0.0261. The molecule has 0 aromatic rings. The van der Waals surface area contributed by atoms with Gasteiger partial charge in [0, 0.05) is 6.42 Å². The topological polar surface area (TPSA) is 149 Å². The zero-order valence-electron chi connectivity index (χ0n) is 57.9. The van der Waals surface area contributed by atoms with E-state index in [1.807, 2.05) is 6.08 Å². The third kappa shape index (κ3) is 56.4. The monoisotopic (exact) mass is 1250 g/mol. The number of aliphatic hydroxyl groups is 5.